The molecule has 0 aliphatic heterocycles. The zero-order valence-corrected chi connectivity index (χ0v) is 14.0. The van der Waals surface area contributed by atoms with Gasteiger partial charge in [0.15, 0.2) is 0 Å². The van der Waals surface area contributed by atoms with Crippen LogP contribution >= 0.6 is 0 Å². The van der Waals surface area contributed by atoms with Crippen LogP contribution in [0.25, 0.3) is 0 Å². The maximum atomic E-state index is 4.83. The number of hydrogen-bond acceptors (Lipinski definition) is 1. The molecule has 0 saturated carbocycles. The molecule has 0 aliphatic carbocycles. The van der Waals surface area contributed by atoms with Gasteiger partial charge in [0.05, 0.1) is 0 Å². The van der Waals surface area contributed by atoms with Crippen molar-refractivity contribution in [2.45, 2.75) is 57.9 Å². The average Bonchev–Trinajstić information content (AvgIpc) is 2.22. The quantitative estimate of drug-likeness (QED) is 0.632. The molecule has 1 nitrogen and oxygen atoms in total. The molecule has 0 radical (unpaired) electrons. The third kappa shape index (κ3) is 21.1. The van der Waals surface area contributed by atoms with Gasteiger partial charge in [0.1, 0.15) is 0 Å². The Labute approximate surface area is 120 Å². The molecule has 15 heavy (non-hydrogen) atoms. The van der Waals surface area contributed by atoms with Gasteiger partial charge >= 0.3 is 71.7 Å². The first-order chi connectivity index (χ1) is 6.76. The van der Waals surface area contributed by atoms with Crippen molar-refractivity contribution < 1.29 is 21.7 Å². The summed E-state index contributed by atoms with van der Waals surface area (Å²) in [6.07, 6.45) is 5.62. The topological polar surface area (TPSA) is 9.23 Å². The van der Waals surface area contributed by atoms with Gasteiger partial charge in [0.2, 0.25) is 0 Å². The van der Waals surface area contributed by atoms with Gasteiger partial charge in [-0.25, -0.2) is 0 Å². The molecule has 1 unspecified atom stereocenters. The van der Waals surface area contributed by atoms with Crippen LogP contribution in [0.5, 0.6) is 0 Å². The summed E-state index contributed by atoms with van der Waals surface area (Å²) in [5, 5.41) is 0. The van der Waals surface area contributed by atoms with Crippen molar-refractivity contribution in [2.75, 3.05) is 13.2 Å². The van der Waals surface area contributed by atoms with Gasteiger partial charge in [0, 0.05) is 13.2 Å². The number of unbranched alkanes of at least 4 members (excludes halogenated alkanes) is 1. The van der Waals surface area contributed by atoms with Crippen molar-refractivity contribution in [1.29, 1.82) is 0 Å². The van der Waals surface area contributed by atoms with E-state index in [1.807, 2.05) is 13.8 Å². The van der Waals surface area contributed by atoms with Gasteiger partial charge in [0.25, 0.3) is 0 Å². The normalized spacial score (nSPS) is 11.1. The van der Waals surface area contributed by atoms with Crippen molar-refractivity contribution in [1.82, 2.24) is 0 Å². The SMILES string of the molecule is CCCCC(CC)[CH2][Mg+].CCOCC.[Br-]. The molecule has 0 rings (SSSR count). The molecule has 0 N–H and O–H groups in total. The van der Waals surface area contributed by atoms with E-state index in [4.69, 9.17) is 4.74 Å². The second-order valence-electron chi connectivity index (χ2n) is 3.49. The first-order valence-corrected chi connectivity index (χ1v) is 7.13. The summed E-state index contributed by atoms with van der Waals surface area (Å²) >= 11 is 2.12. The molecular weight excluding hydrogens is 264 g/mol. The molecule has 0 fully saturated rings. The van der Waals surface area contributed by atoms with E-state index >= 15 is 0 Å². The summed E-state index contributed by atoms with van der Waals surface area (Å²) in [6, 6.07) is 0. The number of hydrogen-bond donors (Lipinski definition) is 0. The Hall–Kier alpha value is 1.21. The Morgan fingerprint density at radius 2 is 1.60 bits per heavy atom. The van der Waals surface area contributed by atoms with Gasteiger partial charge in [-0.2, -0.15) is 0 Å². The van der Waals surface area contributed by atoms with Crippen LogP contribution in [-0.4, -0.2) is 34.9 Å². The standard InChI is InChI=1S/C8H17.C4H10O.BrH.Mg/c1-4-6-7-8(3)5-2;1-3-5-4-2;;/h8H,3-7H2,1-2H3;3-4H2,1-2H3;1H;/q;;;+1/p-1. The monoisotopic (exact) mass is 290 g/mol. The molecule has 90 valence electrons. The molecule has 0 saturated heterocycles. The molecule has 0 amide bonds. The van der Waals surface area contributed by atoms with Crippen LogP contribution in [-0.2, 0) is 4.74 Å². The second-order valence-corrected chi connectivity index (χ2v) is 4.06. The molecular formula is C12H27BrMgO. The van der Waals surface area contributed by atoms with Crippen LogP contribution < -0.4 is 17.0 Å². The van der Waals surface area contributed by atoms with E-state index < -0.39 is 0 Å². The number of halogens is 1. The number of rotatable bonds is 7. The van der Waals surface area contributed by atoms with Gasteiger partial charge in [-0.15, -0.1) is 0 Å². The van der Waals surface area contributed by atoms with Crippen molar-refractivity contribution in [3.8, 4) is 0 Å². The molecule has 0 spiro atoms. The molecule has 3 heteroatoms. The van der Waals surface area contributed by atoms with Gasteiger partial charge < -0.3 is 21.7 Å². The Morgan fingerprint density at radius 3 is 1.80 bits per heavy atom. The second kappa shape index (κ2) is 20.6. The molecule has 0 bridgehead atoms. The fourth-order valence-corrected chi connectivity index (χ4v) is 1.95. The van der Waals surface area contributed by atoms with Crippen LogP contribution in [0.2, 0.25) is 4.55 Å². The van der Waals surface area contributed by atoms with Crippen LogP contribution in [0.1, 0.15) is 53.4 Å². The first-order valence-electron chi connectivity index (χ1n) is 6.13. The van der Waals surface area contributed by atoms with E-state index in [1.54, 1.807) is 0 Å². The minimum Gasteiger partial charge on any atom is -1.00 e. The van der Waals surface area contributed by atoms with E-state index in [-0.39, 0.29) is 17.0 Å². The van der Waals surface area contributed by atoms with Crippen molar-refractivity contribution in [2.24, 2.45) is 5.92 Å². The summed E-state index contributed by atoms with van der Waals surface area (Å²) in [5.74, 6) is 1.02. The maximum Gasteiger partial charge on any atom is 0.0437 e. The zero-order valence-electron chi connectivity index (χ0n) is 11.0. The number of ether oxygens (including phenoxy) is 1. The molecule has 1 atom stereocenters. The van der Waals surface area contributed by atoms with Crippen LogP contribution in [0, 0.1) is 5.92 Å². The van der Waals surface area contributed by atoms with Crippen LogP contribution in [0.15, 0.2) is 0 Å². The molecule has 0 aromatic heterocycles. The summed E-state index contributed by atoms with van der Waals surface area (Å²) in [6.45, 7) is 10.2. The molecule has 0 aliphatic rings. The van der Waals surface area contributed by atoms with Gasteiger partial charge in [-0.1, -0.05) is 0 Å². The van der Waals surface area contributed by atoms with E-state index in [0.717, 1.165) is 19.1 Å². The summed E-state index contributed by atoms with van der Waals surface area (Å²) in [4.78, 5) is 0. The van der Waals surface area contributed by atoms with Crippen molar-refractivity contribution >= 4 is 21.7 Å². The molecule has 0 aromatic carbocycles. The average molecular weight is 292 g/mol. The smallest absolute Gasteiger partial charge is 0.0437 e. The minimum atomic E-state index is 0. The van der Waals surface area contributed by atoms with E-state index in [1.165, 1.54) is 30.2 Å². The fraction of sp³-hybridized carbons (Fsp3) is 1.00. The Morgan fingerprint density at radius 1 is 1.07 bits per heavy atom. The zero-order chi connectivity index (χ0) is 11.2. The van der Waals surface area contributed by atoms with E-state index in [2.05, 4.69) is 35.6 Å². The summed E-state index contributed by atoms with van der Waals surface area (Å²) in [7, 11) is 0. The predicted octanol–water partition coefficient (Wildman–Crippen LogP) is 0.836. The largest absolute Gasteiger partial charge is 1.00 e. The van der Waals surface area contributed by atoms with Crippen LogP contribution in [0.4, 0.5) is 0 Å². The van der Waals surface area contributed by atoms with E-state index in [9.17, 15) is 0 Å². The van der Waals surface area contributed by atoms with Crippen molar-refractivity contribution in [3.05, 3.63) is 0 Å². The molecule has 0 aromatic rings. The Bertz CT molecular complexity index is 85.7. The minimum absolute atomic E-state index is 0. The maximum absolute atomic E-state index is 4.83. The Balaban J connectivity index is -0.000000208. The van der Waals surface area contributed by atoms with E-state index in [0.29, 0.717) is 0 Å². The summed E-state index contributed by atoms with van der Waals surface area (Å²) < 4.78 is 6.23. The Kier molecular flexibility index (Phi) is 29.5. The third-order valence-corrected chi connectivity index (χ3v) is 3.18. The first kappa shape index (κ1) is 21.5. The van der Waals surface area contributed by atoms with Crippen molar-refractivity contribution in [3.63, 3.8) is 0 Å². The fourth-order valence-electron chi connectivity index (χ4n) is 1.25. The van der Waals surface area contributed by atoms with Gasteiger partial charge in [-0.3, -0.25) is 0 Å². The summed E-state index contributed by atoms with van der Waals surface area (Å²) in [5.41, 5.74) is 0. The third-order valence-electron chi connectivity index (χ3n) is 2.36. The molecule has 0 heterocycles. The van der Waals surface area contributed by atoms with Crippen LogP contribution in [0.3, 0.4) is 0 Å². The predicted molar refractivity (Wildman–Crippen MR) is 66.0 cm³/mol. The van der Waals surface area contributed by atoms with Gasteiger partial charge in [-0.05, 0) is 13.8 Å².